The van der Waals surface area contributed by atoms with Crippen molar-refractivity contribution in [3.63, 3.8) is 0 Å². The number of anilines is 3. The van der Waals surface area contributed by atoms with E-state index in [0.29, 0.717) is 11.3 Å². The highest BCUT2D eigenvalue weighted by Gasteiger charge is 2.24. The number of amides is 1. The zero-order chi connectivity index (χ0) is 21.1. The van der Waals surface area contributed by atoms with Crippen LogP contribution >= 0.6 is 0 Å². The van der Waals surface area contributed by atoms with E-state index >= 15 is 0 Å². The summed E-state index contributed by atoms with van der Waals surface area (Å²) in [5, 5.41) is 20.7. The van der Waals surface area contributed by atoms with Crippen LogP contribution in [0.1, 0.15) is 34.3 Å². The lowest BCUT2D eigenvalue weighted by Crippen LogP contribution is -2.28. The fraction of sp³-hybridized carbons (Fsp3) is 0.250. The van der Waals surface area contributed by atoms with Crippen molar-refractivity contribution < 1.29 is 13.6 Å². The second kappa shape index (κ2) is 8.26. The number of nitrogens with two attached hydrogens (primary N) is 1. The first-order valence-electron chi connectivity index (χ1n) is 9.12. The Balaban J connectivity index is 1.91. The molecule has 2 aromatic rings. The molecule has 1 aliphatic heterocycles. The molecule has 1 saturated heterocycles. The molecule has 0 radical (unpaired) electrons. The first kappa shape index (κ1) is 20.2. The van der Waals surface area contributed by atoms with Gasteiger partial charge in [-0.15, -0.1) is 0 Å². The quantitative estimate of drug-likeness (QED) is 0.301. The van der Waals surface area contributed by atoms with Gasteiger partial charge in [-0.2, -0.15) is 0 Å². The summed E-state index contributed by atoms with van der Waals surface area (Å²) < 4.78 is 29.0. The van der Waals surface area contributed by atoms with Crippen LogP contribution in [-0.2, 0) is 0 Å². The Morgan fingerprint density at radius 1 is 1.24 bits per heavy atom. The van der Waals surface area contributed by atoms with Gasteiger partial charge in [0.15, 0.2) is 0 Å². The van der Waals surface area contributed by atoms with Crippen molar-refractivity contribution in [2.45, 2.75) is 12.8 Å². The third-order valence-corrected chi connectivity index (χ3v) is 4.89. The molecule has 0 aromatic heterocycles. The predicted octanol–water partition coefficient (Wildman–Crippen LogP) is 3.26. The van der Waals surface area contributed by atoms with E-state index in [2.05, 4.69) is 10.6 Å². The lowest BCUT2D eigenvalue weighted by atomic mass is 10.1. The van der Waals surface area contributed by atoms with Gasteiger partial charge in [0.25, 0.3) is 5.91 Å². The van der Waals surface area contributed by atoms with E-state index in [4.69, 9.17) is 16.6 Å². The smallest absolute Gasteiger partial charge is 0.261 e. The fourth-order valence-corrected chi connectivity index (χ4v) is 3.33. The van der Waals surface area contributed by atoms with Crippen LogP contribution in [0.5, 0.6) is 0 Å². The van der Waals surface area contributed by atoms with Gasteiger partial charge in [0.1, 0.15) is 23.0 Å². The Morgan fingerprint density at radius 3 is 2.55 bits per heavy atom. The number of halogens is 2. The van der Waals surface area contributed by atoms with E-state index in [1.165, 1.54) is 25.2 Å². The molecule has 1 aliphatic rings. The summed E-state index contributed by atoms with van der Waals surface area (Å²) in [6, 6.07) is 5.53. The van der Waals surface area contributed by atoms with E-state index in [1.807, 2.05) is 4.90 Å². The van der Waals surface area contributed by atoms with Crippen molar-refractivity contribution in [2.75, 3.05) is 36.5 Å². The van der Waals surface area contributed by atoms with Gasteiger partial charge in [-0.05, 0) is 37.1 Å². The van der Waals surface area contributed by atoms with E-state index in [9.17, 15) is 13.6 Å². The number of nitrogens with one attached hydrogen (secondary N) is 4. The Kier molecular flexibility index (Phi) is 5.76. The van der Waals surface area contributed by atoms with E-state index in [1.54, 1.807) is 0 Å². The molecular weight excluding hydrogens is 378 g/mol. The summed E-state index contributed by atoms with van der Waals surface area (Å²) in [6.07, 6.45) is 2.71. The number of hydrogen-bond acceptors (Lipinski definition) is 5. The molecule has 1 amide bonds. The zero-order valence-corrected chi connectivity index (χ0v) is 15.9. The number of benzene rings is 2. The van der Waals surface area contributed by atoms with Crippen LogP contribution in [-0.4, -0.2) is 43.0 Å². The Morgan fingerprint density at radius 2 is 1.93 bits per heavy atom. The van der Waals surface area contributed by atoms with Crippen molar-refractivity contribution in [3.8, 4) is 0 Å². The molecule has 0 bridgehead atoms. The van der Waals surface area contributed by atoms with Crippen LogP contribution in [0.25, 0.3) is 0 Å². The number of amidine groups is 1. The van der Waals surface area contributed by atoms with Crippen molar-refractivity contribution in [1.29, 1.82) is 10.8 Å². The average Bonchev–Trinajstić information content (AvgIpc) is 3.23. The molecule has 0 saturated carbocycles. The van der Waals surface area contributed by atoms with Crippen LogP contribution in [0.15, 0.2) is 24.3 Å². The monoisotopic (exact) mass is 400 g/mol. The molecule has 0 spiro atoms. The topological polar surface area (TPSA) is 118 Å². The molecule has 1 fully saturated rings. The third-order valence-electron chi connectivity index (χ3n) is 4.89. The maximum absolute atomic E-state index is 14.7. The average molecular weight is 400 g/mol. The van der Waals surface area contributed by atoms with Crippen LogP contribution < -0.4 is 16.4 Å². The van der Waals surface area contributed by atoms with Crippen molar-refractivity contribution >= 4 is 35.0 Å². The van der Waals surface area contributed by atoms with Crippen molar-refractivity contribution in [1.82, 2.24) is 4.90 Å². The third kappa shape index (κ3) is 3.89. The summed E-state index contributed by atoms with van der Waals surface area (Å²) in [5.74, 6) is -2.91. The predicted molar refractivity (Wildman–Crippen MR) is 110 cm³/mol. The van der Waals surface area contributed by atoms with Gasteiger partial charge in [-0.1, -0.05) is 0 Å². The molecular formula is C20H22F2N6O. The molecule has 152 valence electrons. The summed E-state index contributed by atoms with van der Waals surface area (Å²) in [6.45, 7) is 1.52. The lowest BCUT2D eigenvalue weighted by molar-refractivity contribution is 0.101. The van der Waals surface area contributed by atoms with Crippen LogP contribution in [0.2, 0.25) is 0 Å². The number of rotatable bonds is 5. The first-order chi connectivity index (χ1) is 13.9. The maximum atomic E-state index is 14.7. The molecule has 3 rings (SSSR count). The van der Waals surface area contributed by atoms with Gasteiger partial charge in [-0.3, -0.25) is 10.2 Å². The Labute approximate surface area is 166 Å². The molecule has 6 N–H and O–H groups in total. The minimum Gasteiger partial charge on any atom is -0.398 e. The summed E-state index contributed by atoms with van der Waals surface area (Å²) >= 11 is 0. The zero-order valence-electron chi connectivity index (χ0n) is 15.9. The first-order valence-corrected chi connectivity index (χ1v) is 9.12. The van der Waals surface area contributed by atoms with Gasteiger partial charge < -0.3 is 26.7 Å². The maximum Gasteiger partial charge on any atom is 0.261 e. The van der Waals surface area contributed by atoms with Crippen LogP contribution in [0.4, 0.5) is 25.8 Å². The number of nitrogen functional groups attached to an aromatic ring is 1. The standard InChI is InChI=1S/C20H22F2N6O/c1-26-16-9-14(21)17(18(22)13(16)10-23)20(29)27-11-4-5-15(24)12(8-11)19(25)28-6-2-3-7-28/h4-5,8-10,23,25-26H,2-3,6-7,24H2,1H3,(H,27,29). The molecule has 7 nitrogen and oxygen atoms in total. The SMILES string of the molecule is CNc1cc(F)c(C(=O)Nc2ccc(N)c(C(=N)N3CCCC3)c2)c(F)c1C=N. The summed E-state index contributed by atoms with van der Waals surface area (Å²) in [5.41, 5.74) is 6.14. The molecule has 0 aliphatic carbocycles. The van der Waals surface area contributed by atoms with Gasteiger partial charge in [0.05, 0.1) is 5.56 Å². The minimum atomic E-state index is -1.12. The second-order valence-electron chi connectivity index (χ2n) is 6.70. The number of carbonyl (C=O) groups excluding carboxylic acids is 1. The minimum absolute atomic E-state index is 0.0698. The number of likely N-dealkylation sites (tertiary alicyclic amines) is 1. The summed E-state index contributed by atoms with van der Waals surface area (Å²) in [7, 11) is 1.46. The van der Waals surface area contributed by atoms with Gasteiger partial charge in [-0.25, -0.2) is 8.78 Å². The van der Waals surface area contributed by atoms with Gasteiger partial charge >= 0.3 is 0 Å². The fourth-order valence-electron chi connectivity index (χ4n) is 3.33. The molecule has 0 unspecified atom stereocenters. The second-order valence-corrected chi connectivity index (χ2v) is 6.70. The molecule has 1 heterocycles. The highest BCUT2D eigenvalue weighted by Crippen LogP contribution is 2.26. The highest BCUT2D eigenvalue weighted by atomic mass is 19.1. The Bertz CT molecular complexity index is 985. The normalized spacial score (nSPS) is 13.3. The number of hydrogen-bond donors (Lipinski definition) is 5. The van der Waals surface area contributed by atoms with E-state index in [0.717, 1.165) is 38.2 Å². The van der Waals surface area contributed by atoms with E-state index < -0.39 is 23.1 Å². The van der Waals surface area contributed by atoms with Gasteiger partial charge in [0, 0.05) is 49.0 Å². The van der Waals surface area contributed by atoms with Crippen molar-refractivity contribution in [2.24, 2.45) is 0 Å². The lowest BCUT2D eigenvalue weighted by Gasteiger charge is -2.20. The van der Waals surface area contributed by atoms with Crippen molar-refractivity contribution in [3.05, 3.63) is 52.6 Å². The Hall–Kier alpha value is -3.49. The number of nitrogens with zero attached hydrogens (tertiary/aromatic N) is 1. The molecule has 2 aromatic carbocycles. The van der Waals surface area contributed by atoms with Crippen LogP contribution in [0.3, 0.4) is 0 Å². The van der Waals surface area contributed by atoms with E-state index in [-0.39, 0.29) is 22.8 Å². The molecule has 0 atom stereocenters. The largest absolute Gasteiger partial charge is 0.398 e. The summed E-state index contributed by atoms with van der Waals surface area (Å²) in [4.78, 5) is 14.5. The number of carbonyl (C=O) groups is 1. The highest BCUT2D eigenvalue weighted by molar-refractivity contribution is 6.08. The van der Waals surface area contributed by atoms with Gasteiger partial charge in [0.2, 0.25) is 0 Å². The van der Waals surface area contributed by atoms with Crippen LogP contribution in [0, 0.1) is 22.5 Å². The molecule has 29 heavy (non-hydrogen) atoms. The molecule has 9 heteroatoms.